The summed E-state index contributed by atoms with van der Waals surface area (Å²) in [6, 6.07) is 3.29. The zero-order valence-electron chi connectivity index (χ0n) is 9.12. The number of pyridine rings is 1. The quantitative estimate of drug-likeness (QED) is 0.763. The summed E-state index contributed by atoms with van der Waals surface area (Å²) in [5.41, 5.74) is 0.406. The Labute approximate surface area is 105 Å². The van der Waals surface area contributed by atoms with Gasteiger partial charge < -0.3 is 4.90 Å². The van der Waals surface area contributed by atoms with Gasteiger partial charge in [-0.05, 0) is 18.6 Å². The molecule has 0 aromatic carbocycles. The summed E-state index contributed by atoms with van der Waals surface area (Å²) in [6.45, 7) is 3.25. The molecule has 0 aliphatic carbocycles. The smallest absolute Gasteiger partial charge is 0.272 e. The van der Waals surface area contributed by atoms with Crippen molar-refractivity contribution in [1.82, 2.24) is 9.88 Å². The lowest BCUT2D eigenvalue weighted by molar-refractivity contribution is 0.0759. The van der Waals surface area contributed by atoms with E-state index < -0.39 is 0 Å². The molecule has 0 fully saturated rings. The molecule has 0 aliphatic heterocycles. The molecular weight excluding hydrogens is 247 g/mol. The van der Waals surface area contributed by atoms with E-state index in [1.54, 1.807) is 17.0 Å². The molecule has 0 aliphatic rings. The third kappa shape index (κ3) is 3.65. The van der Waals surface area contributed by atoms with E-state index >= 15 is 0 Å². The summed E-state index contributed by atoms with van der Waals surface area (Å²) < 4.78 is 0. The number of carbonyl (C=O) groups excluding carboxylic acids is 1. The van der Waals surface area contributed by atoms with E-state index in [4.69, 9.17) is 23.2 Å². The molecule has 5 heteroatoms. The number of carbonyl (C=O) groups is 1. The van der Waals surface area contributed by atoms with Crippen molar-refractivity contribution in [3.63, 3.8) is 0 Å². The highest BCUT2D eigenvalue weighted by atomic mass is 35.5. The van der Waals surface area contributed by atoms with Gasteiger partial charge in [-0.25, -0.2) is 4.98 Å². The van der Waals surface area contributed by atoms with Gasteiger partial charge >= 0.3 is 0 Å². The van der Waals surface area contributed by atoms with Crippen LogP contribution < -0.4 is 0 Å². The predicted molar refractivity (Wildman–Crippen MR) is 66.2 cm³/mol. The average molecular weight is 261 g/mol. The Bertz CT molecular complexity index is 334. The fraction of sp³-hybridized carbons (Fsp3) is 0.455. The molecule has 0 atom stereocenters. The average Bonchev–Trinajstić information content (AvgIpc) is 2.29. The molecular formula is C11H14Cl2N2O. The SMILES string of the molecule is CCCN(CCCl)C(=O)c1ccc(Cl)cn1. The minimum Gasteiger partial charge on any atom is -0.336 e. The van der Waals surface area contributed by atoms with Gasteiger partial charge in [-0.1, -0.05) is 18.5 Å². The summed E-state index contributed by atoms with van der Waals surface area (Å²) in [6.07, 6.45) is 2.37. The summed E-state index contributed by atoms with van der Waals surface area (Å²) in [5.74, 6) is 0.332. The highest BCUT2D eigenvalue weighted by molar-refractivity contribution is 6.30. The summed E-state index contributed by atoms with van der Waals surface area (Å²) in [4.78, 5) is 17.7. The van der Waals surface area contributed by atoms with E-state index in [1.807, 2.05) is 6.92 Å². The van der Waals surface area contributed by atoms with Crippen LogP contribution in [0.25, 0.3) is 0 Å². The van der Waals surface area contributed by atoms with Crippen molar-refractivity contribution in [3.05, 3.63) is 29.0 Å². The van der Waals surface area contributed by atoms with Crippen molar-refractivity contribution in [3.8, 4) is 0 Å². The lowest BCUT2D eigenvalue weighted by Crippen LogP contribution is -2.33. The largest absolute Gasteiger partial charge is 0.336 e. The van der Waals surface area contributed by atoms with Crippen LogP contribution in [0.2, 0.25) is 5.02 Å². The highest BCUT2D eigenvalue weighted by Crippen LogP contribution is 2.08. The molecule has 0 saturated heterocycles. The fourth-order valence-electron chi connectivity index (χ4n) is 1.35. The maximum atomic E-state index is 12.0. The molecule has 1 aromatic rings. The first-order valence-electron chi connectivity index (χ1n) is 5.15. The van der Waals surface area contributed by atoms with E-state index in [0.29, 0.717) is 29.7 Å². The van der Waals surface area contributed by atoms with Crippen LogP contribution in [0.15, 0.2) is 18.3 Å². The maximum Gasteiger partial charge on any atom is 0.272 e. The molecule has 1 rings (SSSR count). The van der Waals surface area contributed by atoms with Crippen molar-refractivity contribution in [2.75, 3.05) is 19.0 Å². The van der Waals surface area contributed by atoms with Crippen molar-refractivity contribution in [2.45, 2.75) is 13.3 Å². The molecule has 16 heavy (non-hydrogen) atoms. The van der Waals surface area contributed by atoms with E-state index in [-0.39, 0.29) is 5.91 Å². The lowest BCUT2D eigenvalue weighted by atomic mass is 10.3. The number of halogens is 2. The minimum atomic E-state index is -0.0980. The summed E-state index contributed by atoms with van der Waals surface area (Å²) >= 11 is 11.4. The zero-order chi connectivity index (χ0) is 12.0. The van der Waals surface area contributed by atoms with Gasteiger partial charge in [-0.15, -0.1) is 11.6 Å². The van der Waals surface area contributed by atoms with Crippen molar-refractivity contribution < 1.29 is 4.79 Å². The van der Waals surface area contributed by atoms with E-state index in [0.717, 1.165) is 6.42 Å². The molecule has 1 heterocycles. The first kappa shape index (κ1) is 13.3. The maximum absolute atomic E-state index is 12.0. The van der Waals surface area contributed by atoms with Gasteiger partial charge in [-0.3, -0.25) is 4.79 Å². The van der Waals surface area contributed by atoms with Crippen LogP contribution in [0.1, 0.15) is 23.8 Å². The Kier molecular flexibility index (Phi) is 5.56. The topological polar surface area (TPSA) is 33.2 Å². The first-order valence-corrected chi connectivity index (χ1v) is 6.07. The molecule has 0 spiro atoms. The molecule has 0 unspecified atom stereocenters. The van der Waals surface area contributed by atoms with Crippen LogP contribution in [-0.2, 0) is 0 Å². The predicted octanol–water partition coefficient (Wildman–Crippen LogP) is 2.83. The van der Waals surface area contributed by atoms with Gasteiger partial charge in [0, 0.05) is 25.2 Å². The Morgan fingerprint density at radius 3 is 2.69 bits per heavy atom. The summed E-state index contributed by atoms with van der Waals surface area (Å²) in [5, 5.41) is 0.524. The fourth-order valence-corrected chi connectivity index (χ4v) is 1.67. The van der Waals surface area contributed by atoms with Crippen molar-refractivity contribution in [1.29, 1.82) is 0 Å². The third-order valence-corrected chi connectivity index (χ3v) is 2.47. The van der Waals surface area contributed by atoms with Gasteiger partial charge in [0.25, 0.3) is 5.91 Å². The van der Waals surface area contributed by atoms with Crippen LogP contribution >= 0.6 is 23.2 Å². The second kappa shape index (κ2) is 6.71. The van der Waals surface area contributed by atoms with E-state index in [9.17, 15) is 4.79 Å². The Morgan fingerprint density at radius 1 is 1.44 bits per heavy atom. The second-order valence-electron chi connectivity index (χ2n) is 3.34. The van der Waals surface area contributed by atoms with Gasteiger partial charge in [0.1, 0.15) is 5.69 Å². The zero-order valence-corrected chi connectivity index (χ0v) is 10.6. The number of nitrogens with zero attached hydrogens (tertiary/aromatic N) is 2. The second-order valence-corrected chi connectivity index (χ2v) is 4.16. The highest BCUT2D eigenvalue weighted by Gasteiger charge is 2.15. The van der Waals surface area contributed by atoms with Crippen LogP contribution in [0, 0.1) is 0 Å². The van der Waals surface area contributed by atoms with Gasteiger partial charge in [0.15, 0.2) is 0 Å². The minimum absolute atomic E-state index is 0.0980. The van der Waals surface area contributed by atoms with Crippen molar-refractivity contribution >= 4 is 29.1 Å². The Morgan fingerprint density at radius 2 is 2.19 bits per heavy atom. The molecule has 88 valence electrons. The van der Waals surface area contributed by atoms with Crippen LogP contribution in [-0.4, -0.2) is 34.8 Å². The van der Waals surface area contributed by atoms with Crippen LogP contribution in [0.5, 0.6) is 0 Å². The van der Waals surface area contributed by atoms with Crippen LogP contribution in [0.3, 0.4) is 0 Å². The Balaban J connectivity index is 2.77. The number of hydrogen-bond donors (Lipinski definition) is 0. The normalized spacial score (nSPS) is 10.2. The molecule has 3 nitrogen and oxygen atoms in total. The monoisotopic (exact) mass is 260 g/mol. The molecule has 0 radical (unpaired) electrons. The standard InChI is InChI=1S/C11H14Cl2N2O/c1-2-6-15(7-5-12)11(16)10-4-3-9(13)8-14-10/h3-4,8H,2,5-7H2,1H3. The van der Waals surface area contributed by atoms with E-state index in [2.05, 4.69) is 4.98 Å². The molecule has 0 bridgehead atoms. The Hall–Kier alpha value is -0.800. The molecule has 1 amide bonds. The van der Waals surface area contributed by atoms with E-state index in [1.165, 1.54) is 6.20 Å². The number of hydrogen-bond acceptors (Lipinski definition) is 2. The number of amides is 1. The molecule has 0 N–H and O–H groups in total. The number of rotatable bonds is 5. The number of alkyl halides is 1. The first-order chi connectivity index (χ1) is 7.69. The third-order valence-electron chi connectivity index (χ3n) is 2.08. The van der Waals surface area contributed by atoms with Crippen LogP contribution in [0.4, 0.5) is 0 Å². The van der Waals surface area contributed by atoms with Gasteiger partial charge in [-0.2, -0.15) is 0 Å². The number of aromatic nitrogens is 1. The van der Waals surface area contributed by atoms with Gasteiger partial charge in [0.2, 0.25) is 0 Å². The lowest BCUT2D eigenvalue weighted by Gasteiger charge is -2.20. The molecule has 1 aromatic heterocycles. The molecule has 0 saturated carbocycles. The van der Waals surface area contributed by atoms with Crippen molar-refractivity contribution in [2.24, 2.45) is 0 Å². The van der Waals surface area contributed by atoms with Gasteiger partial charge in [0.05, 0.1) is 5.02 Å². The summed E-state index contributed by atoms with van der Waals surface area (Å²) in [7, 11) is 0.